The van der Waals surface area contributed by atoms with E-state index in [-0.39, 0.29) is 21.2 Å². The summed E-state index contributed by atoms with van der Waals surface area (Å²) >= 11 is 0. The molecule has 0 saturated heterocycles. The van der Waals surface area contributed by atoms with Crippen LogP contribution in [-0.4, -0.2) is 40.3 Å². The predicted octanol–water partition coefficient (Wildman–Crippen LogP) is 1.44. The molecule has 0 unspecified atom stereocenters. The predicted molar refractivity (Wildman–Crippen MR) is 86.2 cm³/mol. The molecule has 2 aromatic carbocycles. The number of nitrogens with zero attached hydrogens (tertiary/aromatic N) is 1. The lowest BCUT2D eigenvalue weighted by atomic mass is 10.3. The van der Waals surface area contributed by atoms with Crippen LogP contribution < -0.4 is 4.72 Å². The van der Waals surface area contributed by atoms with Crippen molar-refractivity contribution in [2.75, 3.05) is 18.8 Å². The molecule has 2 N–H and O–H groups in total. The molecule has 9 heteroatoms. The molecular formula is C14H16N2O5S2. The van der Waals surface area contributed by atoms with Gasteiger partial charge in [-0.3, -0.25) is 4.72 Å². The zero-order valence-electron chi connectivity index (χ0n) is 12.5. The number of rotatable bonds is 5. The minimum absolute atomic E-state index is 0.000250. The van der Waals surface area contributed by atoms with Crippen molar-refractivity contribution in [2.45, 2.75) is 9.79 Å². The van der Waals surface area contributed by atoms with Gasteiger partial charge in [0.2, 0.25) is 10.0 Å². The van der Waals surface area contributed by atoms with Gasteiger partial charge >= 0.3 is 0 Å². The number of phenols is 1. The lowest BCUT2D eigenvalue weighted by Crippen LogP contribution is -2.22. The Morgan fingerprint density at radius 2 is 1.52 bits per heavy atom. The zero-order chi connectivity index (χ0) is 17.3. The second kappa shape index (κ2) is 6.19. The first-order valence-electron chi connectivity index (χ1n) is 6.48. The molecule has 23 heavy (non-hydrogen) atoms. The minimum atomic E-state index is -3.94. The maximum Gasteiger partial charge on any atom is 0.262 e. The summed E-state index contributed by atoms with van der Waals surface area (Å²) in [5.41, 5.74) is -0.211. The summed E-state index contributed by atoms with van der Waals surface area (Å²) in [5.74, 6) is -0.373. The molecule has 0 atom stereocenters. The Morgan fingerprint density at radius 3 is 2.09 bits per heavy atom. The van der Waals surface area contributed by atoms with E-state index in [9.17, 15) is 21.9 Å². The molecule has 0 aliphatic rings. The van der Waals surface area contributed by atoms with Gasteiger partial charge in [-0.15, -0.1) is 0 Å². The lowest BCUT2D eigenvalue weighted by Gasteiger charge is -2.14. The van der Waals surface area contributed by atoms with Crippen LogP contribution in [0.25, 0.3) is 0 Å². The van der Waals surface area contributed by atoms with E-state index in [0.717, 1.165) is 16.4 Å². The number of hydrogen-bond donors (Lipinski definition) is 2. The Hall–Kier alpha value is -2.10. The third kappa shape index (κ3) is 3.63. The highest BCUT2D eigenvalue weighted by Gasteiger charge is 2.21. The Morgan fingerprint density at radius 1 is 0.913 bits per heavy atom. The number of nitrogens with one attached hydrogen (secondary N) is 1. The SMILES string of the molecule is CN(C)S(=O)(=O)c1ccc(O)c(NS(=O)(=O)c2ccccc2)c1. The van der Waals surface area contributed by atoms with E-state index >= 15 is 0 Å². The fourth-order valence-electron chi connectivity index (χ4n) is 1.77. The monoisotopic (exact) mass is 356 g/mol. The maximum atomic E-state index is 12.3. The molecule has 0 bridgehead atoms. The highest BCUT2D eigenvalue weighted by molar-refractivity contribution is 7.92. The Kier molecular flexibility index (Phi) is 4.64. The maximum absolute atomic E-state index is 12.3. The third-order valence-electron chi connectivity index (χ3n) is 3.04. The van der Waals surface area contributed by atoms with Crippen molar-refractivity contribution in [3.8, 4) is 5.75 Å². The topological polar surface area (TPSA) is 104 Å². The average molecular weight is 356 g/mol. The molecule has 7 nitrogen and oxygen atoms in total. The van der Waals surface area contributed by atoms with Gasteiger partial charge < -0.3 is 5.11 Å². The largest absolute Gasteiger partial charge is 0.506 e. The number of benzene rings is 2. The third-order valence-corrected chi connectivity index (χ3v) is 6.24. The second-order valence-corrected chi connectivity index (χ2v) is 8.72. The molecule has 0 saturated carbocycles. The summed E-state index contributed by atoms with van der Waals surface area (Å²) in [5, 5.41) is 9.81. The van der Waals surface area contributed by atoms with Crippen molar-refractivity contribution in [2.24, 2.45) is 0 Å². The fraction of sp³-hybridized carbons (Fsp3) is 0.143. The molecule has 2 rings (SSSR count). The smallest absolute Gasteiger partial charge is 0.262 e. The van der Waals surface area contributed by atoms with E-state index in [0.29, 0.717) is 0 Å². The molecule has 0 amide bonds. The standard InChI is InChI=1S/C14H16N2O5S2/c1-16(2)23(20,21)12-8-9-14(17)13(10-12)15-22(18,19)11-6-4-3-5-7-11/h3-10,15,17H,1-2H3. The molecular weight excluding hydrogens is 340 g/mol. The van der Waals surface area contributed by atoms with E-state index < -0.39 is 20.0 Å². The highest BCUT2D eigenvalue weighted by atomic mass is 32.2. The average Bonchev–Trinajstić information content (AvgIpc) is 2.50. The summed E-state index contributed by atoms with van der Waals surface area (Å²) in [6.07, 6.45) is 0. The van der Waals surface area contributed by atoms with Crippen molar-refractivity contribution in [3.63, 3.8) is 0 Å². The quantitative estimate of drug-likeness (QED) is 0.789. The first kappa shape index (κ1) is 17.3. The van der Waals surface area contributed by atoms with Gasteiger partial charge in [0.1, 0.15) is 5.75 Å². The highest BCUT2D eigenvalue weighted by Crippen LogP contribution is 2.29. The van der Waals surface area contributed by atoms with Crippen LogP contribution in [-0.2, 0) is 20.0 Å². The Labute approximate surface area is 135 Å². The molecule has 0 fully saturated rings. The van der Waals surface area contributed by atoms with Crippen molar-refractivity contribution < 1.29 is 21.9 Å². The van der Waals surface area contributed by atoms with Gasteiger partial charge in [-0.25, -0.2) is 21.1 Å². The Balaban J connectivity index is 2.45. The second-order valence-electron chi connectivity index (χ2n) is 4.88. The van der Waals surface area contributed by atoms with Crippen LogP contribution in [0.15, 0.2) is 58.3 Å². The molecule has 0 radical (unpaired) electrons. The van der Waals surface area contributed by atoms with Gasteiger partial charge in [-0.05, 0) is 30.3 Å². The van der Waals surface area contributed by atoms with Crippen molar-refractivity contribution >= 4 is 25.7 Å². The van der Waals surface area contributed by atoms with E-state index in [1.807, 2.05) is 0 Å². The van der Waals surface area contributed by atoms with Gasteiger partial charge in [0.25, 0.3) is 10.0 Å². The van der Waals surface area contributed by atoms with Crippen LogP contribution in [0.1, 0.15) is 0 Å². The minimum Gasteiger partial charge on any atom is -0.506 e. The Bertz CT molecular complexity index is 907. The number of hydrogen-bond acceptors (Lipinski definition) is 5. The van der Waals surface area contributed by atoms with Crippen LogP contribution in [0.5, 0.6) is 5.75 Å². The summed E-state index contributed by atoms with van der Waals surface area (Å²) < 4.78 is 51.9. The molecule has 0 aliphatic heterocycles. The normalized spacial score (nSPS) is 12.3. The number of anilines is 1. The van der Waals surface area contributed by atoms with E-state index in [2.05, 4.69) is 4.72 Å². The molecule has 124 valence electrons. The summed E-state index contributed by atoms with van der Waals surface area (Å²) in [6, 6.07) is 11.0. The molecule has 0 spiro atoms. The summed E-state index contributed by atoms with van der Waals surface area (Å²) in [4.78, 5) is -0.133. The number of phenolic OH excluding ortho intramolecular Hbond substituents is 1. The van der Waals surface area contributed by atoms with Gasteiger partial charge in [0, 0.05) is 14.1 Å². The number of sulfonamides is 2. The van der Waals surface area contributed by atoms with E-state index in [4.69, 9.17) is 0 Å². The fourth-order valence-corrected chi connectivity index (χ4v) is 3.79. The zero-order valence-corrected chi connectivity index (χ0v) is 14.1. The molecule has 0 heterocycles. The van der Waals surface area contributed by atoms with Crippen molar-refractivity contribution in [3.05, 3.63) is 48.5 Å². The van der Waals surface area contributed by atoms with Crippen LogP contribution in [0, 0.1) is 0 Å². The van der Waals surface area contributed by atoms with Crippen molar-refractivity contribution in [1.29, 1.82) is 0 Å². The summed E-state index contributed by atoms with van der Waals surface area (Å²) in [6.45, 7) is 0. The van der Waals surface area contributed by atoms with Gasteiger partial charge in [-0.2, -0.15) is 0 Å². The first-order valence-corrected chi connectivity index (χ1v) is 9.40. The molecule has 0 aliphatic carbocycles. The molecule has 0 aromatic heterocycles. The van der Waals surface area contributed by atoms with E-state index in [1.54, 1.807) is 18.2 Å². The van der Waals surface area contributed by atoms with Crippen LogP contribution in [0.4, 0.5) is 5.69 Å². The first-order chi connectivity index (χ1) is 10.6. The van der Waals surface area contributed by atoms with Crippen molar-refractivity contribution in [1.82, 2.24) is 4.31 Å². The lowest BCUT2D eigenvalue weighted by molar-refractivity contribution is 0.477. The summed E-state index contributed by atoms with van der Waals surface area (Å²) in [7, 11) is -4.97. The number of aromatic hydroxyl groups is 1. The van der Waals surface area contributed by atoms with Gasteiger partial charge in [-0.1, -0.05) is 18.2 Å². The van der Waals surface area contributed by atoms with E-state index in [1.165, 1.54) is 32.3 Å². The molecule has 2 aromatic rings. The van der Waals surface area contributed by atoms with Gasteiger partial charge in [0.15, 0.2) is 0 Å². The van der Waals surface area contributed by atoms with Gasteiger partial charge in [0.05, 0.1) is 15.5 Å². The van der Waals surface area contributed by atoms with Crippen LogP contribution in [0.2, 0.25) is 0 Å². The van der Waals surface area contributed by atoms with Crippen LogP contribution in [0.3, 0.4) is 0 Å². The van der Waals surface area contributed by atoms with Crippen LogP contribution >= 0.6 is 0 Å².